The zero-order valence-corrected chi connectivity index (χ0v) is 5.70. The Bertz CT molecular complexity index is 6.85. The van der Waals surface area contributed by atoms with Gasteiger partial charge in [0.25, 0.3) is 0 Å². The Labute approximate surface area is 68.8 Å². The second-order valence-electron chi connectivity index (χ2n) is 0. The monoisotopic (exact) mass is 223 g/mol. The summed E-state index contributed by atoms with van der Waals surface area (Å²) < 4.78 is 0. The number of hydrogen-bond donors (Lipinski definition) is 0. The molecule has 0 saturated heterocycles. The predicted octanol–water partition coefficient (Wildman–Crippen LogP) is -3.66. The molecule has 33 valence electrons. The molecule has 0 aromatic carbocycles. The first-order chi connectivity index (χ1) is 0. The molecule has 1 radical (unpaired) electrons. The molecule has 0 rings (SSSR count). The third-order valence-corrected chi connectivity index (χ3v) is 0. The van der Waals surface area contributed by atoms with Crippen LogP contribution in [-0.2, 0) is 0 Å². The van der Waals surface area contributed by atoms with Gasteiger partial charge < -0.3 is 16.4 Å². The molecule has 0 heterocycles. The third-order valence-electron chi connectivity index (χ3n) is 0. The van der Waals surface area contributed by atoms with Crippen molar-refractivity contribution in [2.24, 2.45) is 0 Å². The molecule has 5 heavy (non-hydrogen) atoms. The van der Waals surface area contributed by atoms with Crippen molar-refractivity contribution in [1.29, 1.82) is 0 Å². The summed E-state index contributed by atoms with van der Waals surface area (Å²) in [7, 11) is 0. The van der Waals surface area contributed by atoms with E-state index in [2.05, 4.69) is 0 Å². The maximum Gasteiger partial charge on any atom is 0.187 e. The second kappa shape index (κ2) is 46.1. The fourth-order valence-electron chi connectivity index (χ4n) is 0. The molecular formula is H9AlLaO3. The summed E-state index contributed by atoms with van der Waals surface area (Å²) in [4.78, 5) is 0. The average molecular weight is 223 g/mol. The molecule has 0 atom stereocenters. The van der Waals surface area contributed by atoms with E-state index in [1.165, 1.54) is 0 Å². The smallest absolute Gasteiger partial charge is 0.187 e. The third kappa shape index (κ3) is 28.2. The van der Waals surface area contributed by atoms with Crippen LogP contribution >= 0.6 is 0 Å². The number of hydrogen-bond acceptors (Lipinski definition) is 0. The molecule has 6 N–H and O–H groups in total. The molecule has 0 saturated carbocycles. The van der Waals surface area contributed by atoms with Gasteiger partial charge in [0.15, 0.2) is 17.4 Å². The van der Waals surface area contributed by atoms with Crippen LogP contribution in [0, 0.1) is 35.6 Å². The van der Waals surface area contributed by atoms with Crippen LogP contribution in [0.15, 0.2) is 0 Å². The van der Waals surface area contributed by atoms with Gasteiger partial charge in [0.05, 0.1) is 0 Å². The van der Waals surface area contributed by atoms with E-state index in [-0.39, 0.29) is 69.4 Å². The first-order valence-corrected chi connectivity index (χ1v) is 0. The fraction of sp³-hybridized carbons (Fsp3) is 0. The SMILES string of the molecule is O.O.O.[AlH3].[La]. The summed E-state index contributed by atoms with van der Waals surface area (Å²) >= 11 is 0. The van der Waals surface area contributed by atoms with Gasteiger partial charge in [0.1, 0.15) is 0 Å². The Morgan fingerprint density at radius 2 is 0.600 bits per heavy atom. The maximum atomic E-state index is 0. The Morgan fingerprint density at radius 3 is 0.600 bits per heavy atom. The molecule has 0 aliphatic carbocycles. The Morgan fingerprint density at radius 1 is 0.600 bits per heavy atom. The van der Waals surface area contributed by atoms with E-state index in [0.29, 0.717) is 0 Å². The van der Waals surface area contributed by atoms with E-state index < -0.39 is 0 Å². The minimum Gasteiger partial charge on any atom is -0.412 e. The van der Waals surface area contributed by atoms with Crippen molar-refractivity contribution in [3.8, 4) is 0 Å². The van der Waals surface area contributed by atoms with Crippen LogP contribution in [0.3, 0.4) is 0 Å². The van der Waals surface area contributed by atoms with Crippen LogP contribution < -0.4 is 0 Å². The van der Waals surface area contributed by atoms with Gasteiger partial charge in [-0.25, -0.2) is 0 Å². The van der Waals surface area contributed by atoms with Crippen LogP contribution in [-0.4, -0.2) is 33.8 Å². The molecule has 0 aliphatic heterocycles. The largest absolute Gasteiger partial charge is 0.412 e. The summed E-state index contributed by atoms with van der Waals surface area (Å²) in [5.74, 6) is 0. The van der Waals surface area contributed by atoms with Crippen molar-refractivity contribution in [3.63, 3.8) is 0 Å². The fourth-order valence-corrected chi connectivity index (χ4v) is 0. The summed E-state index contributed by atoms with van der Waals surface area (Å²) in [5, 5.41) is 0. The van der Waals surface area contributed by atoms with Gasteiger partial charge in [-0.2, -0.15) is 0 Å². The van der Waals surface area contributed by atoms with Crippen LogP contribution in [0.2, 0.25) is 0 Å². The van der Waals surface area contributed by atoms with Gasteiger partial charge in [-0.3, -0.25) is 0 Å². The summed E-state index contributed by atoms with van der Waals surface area (Å²) in [6.07, 6.45) is 0. The van der Waals surface area contributed by atoms with Crippen LogP contribution in [0.1, 0.15) is 0 Å². The van der Waals surface area contributed by atoms with Gasteiger partial charge in [-0.05, 0) is 0 Å². The Balaban J connectivity index is 0. The zero-order valence-electron chi connectivity index (χ0n) is 2.08. The van der Waals surface area contributed by atoms with Gasteiger partial charge in [0, 0.05) is 35.6 Å². The minimum atomic E-state index is 0. The van der Waals surface area contributed by atoms with Crippen LogP contribution in [0.4, 0.5) is 0 Å². The first-order valence-electron chi connectivity index (χ1n) is 0. The van der Waals surface area contributed by atoms with Gasteiger partial charge in [-0.15, -0.1) is 0 Å². The van der Waals surface area contributed by atoms with E-state index >= 15 is 0 Å². The summed E-state index contributed by atoms with van der Waals surface area (Å²) in [6, 6.07) is 0. The average Bonchev–Trinajstić information content (AvgIpc) is 0. The normalized spacial score (nSPS) is 0. The molecular weight excluding hydrogens is 214 g/mol. The van der Waals surface area contributed by atoms with Gasteiger partial charge >= 0.3 is 0 Å². The minimum absolute atomic E-state index is 0. The van der Waals surface area contributed by atoms with Crippen molar-refractivity contribution in [3.05, 3.63) is 0 Å². The van der Waals surface area contributed by atoms with E-state index in [0.717, 1.165) is 0 Å². The summed E-state index contributed by atoms with van der Waals surface area (Å²) in [6.45, 7) is 0. The molecule has 0 aromatic rings. The van der Waals surface area contributed by atoms with E-state index in [9.17, 15) is 0 Å². The number of rotatable bonds is 0. The second-order valence-corrected chi connectivity index (χ2v) is 0. The molecule has 0 bridgehead atoms. The standard InChI is InChI=1S/Al.La.3H2O.3H/h;;3*1H2;;;. The van der Waals surface area contributed by atoms with Crippen molar-refractivity contribution < 1.29 is 52.0 Å². The molecule has 0 unspecified atom stereocenters. The van der Waals surface area contributed by atoms with Crippen molar-refractivity contribution >= 4 is 17.4 Å². The van der Waals surface area contributed by atoms with Crippen molar-refractivity contribution in [2.45, 2.75) is 0 Å². The topological polar surface area (TPSA) is 94.5 Å². The van der Waals surface area contributed by atoms with Gasteiger partial charge in [-0.1, -0.05) is 0 Å². The predicted molar refractivity (Wildman–Crippen MR) is 20.8 cm³/mol. The molecule has 0 fully saturated rings. The Hall–Kier alpha value is 1.61. The van der Waals surface area contributed by atoms with Gasteiger partial charge in [0.2, 0.25) is 0 Å². The van der Waals surface area contributed by atoms with Crippen LogP contribution in [0.25, 0.3) is 0 Å². The van der Waals surface area contributed by atoms with Crippen molar-refractivity contribution in [1.82, 2.24) is 0 Å². The first kappa shape index (κ1) is 80.4. The zero-order chi connectivity index (χ0) is 0. The Kier molecular flexibility index (Phi) is 741. The molecule has 0 amide bonds. The van der Waals surface area contributed by atoms with E-state index in [4.69, 9.17) is 0 Å². The molecule has 0 aromatic heterocycles. The molecule has 3 nitrogen and oxygen atoms in total. The summed E-state index contributed by atoms with van der Waals surface area (Å²) in [5.41, 5.74) is 0. The van der Waals surface area contributed by atoms with Crippen molar-refractivity contribution in [2.75, 3.05) is 0 Å². The van der Waals surface area contributed by atoms with E-state index in [1.807, 2.05) is 0 Å². The van der Waals surface area contributed by atoms with Crippen LogP contribution in [0.5, 0.6) is 0 Å². The maximum absolute atomic E-state index is 0. The molecule has 5 heteroatoms. The quantitative estimate of drug-likeness (QED) is 0.378. The van der Waals surface area contributed by atoms with E-state index in [1.54, 1.807) is 0 Å². The molecule has 0 aliphatic rings. The molecule has 0 spiro atoms.